The number of aromatic nitrogens is 1. The van der Waals surface area contributed by atoms with Gasteiger partial charge in [-0.1, -0.05) is 92.7 Å². The van der Waals surface area contributed by atoms with Gasteiger partial charge in [-0.3, -0.25) is 9.35 Å². The molecule has 0 saturated heterocycles. The SMILES string of the molecule is CC(C)(C)c1ccc(C(Cc2ccc(C(=O)NCCS(=O)(=O)O)cc2)c2cc(-c3cccc(-c4ccc(S(C)(=O)=O)cc4)c3)on2)cc1. The Labute approximate surface area is 281 Å². The van der Waals surface area contributed by atoms with Gasteiger partial charge in [0, 0.05) is 35.9 Å². The first-order chi connectivity index (χ1) is 22.6. The van der Waals surface area contributed by atoms with Crippen molar-refractivity contribution in [1.82, 2.24) is 10.5 Å². The molecule has 1 unspecified atom stereocenters. The summed E-state index contributed by atoms with van der Waals surface area (Å²) in [7, 11) is -7.46. The molecule has 0 bridgehead atoms. The molecule has 0 aliphatic rings. The fourth-order valence-corrected chi connectivity index (χ4v) is 6.36. The maximum absolute atomic E-state index is 12.5. The Morgan fingerprint density at radius 3 is 2.08 bits per heavy atom. The van der Waals surface area contributed by atoms with E-state index in [0.717, 1.165) is 33.5 Å². The highest BCUT2D eigenvalue weighted by Gasteiger charge is 2.22. The zero-order chi connectivity index (χ0) is 34.7. The third-order valence-corrected chi connectivity index (χ3v) is 9.98. The molecule has 1 atom stereocenters. The van der Waals surface area contributed by atoms with E-state index in [9.17, 15) is 21.6 Å². The molecule has 1 aromatic heterocycles. The van der Waals surface area contributed by atoms with Crippen LogP contribution in [0.25, 0.3) is 22.5 Å². The number of nitrogens with one attached hydrogen (secondary N) is 1. The molecule has 5 rings (SSSR count). The summed E-state index contributed by atoms with van der Waals surface area (Å²) >= 11 is 0. The standard InChI is InChI=1S/C37H38N2O7S2/c1-37(2,3)31-16-12-27(13-17-31)33(22-25-8-10-28(11-9-25)36(40)38-20-21-48(43,44)45)34-24-35(46-39-34)30-7-5-6-29(23-30)26-14-18-32(19-15-26)47(4,41)42/h5-19,23-24,33H,20-22H2,1-4H3,(H,38,40)(H,43,44,45). The van der Waals surface area contributed by atoms with Crippen molar-refractivity contribution in [3.05, 3.63) is 131 Å². The van der Waals surface area contributed by atoms with E-state index >= 15 is 0 Å². The van der Waals surface area contributed by atoms with Crippen LogP contribution in [-0.2, 0) is 31.8 Å². The predicted molar refractivity (Wildman–Crippen MR) is 186 cm³/mol. The lowest BCUT2D eigenvalue weighted by molar-refractivity contribution is 0.0956. The highest BCUT2D eigenvalue weighted by molar-refractivity contribution is 7.90. The van der Waals surface area contributed by atoms with Gasteiger partial charge in [0.05, 0.1) is 16.3 Å². The smallest absolute Gasteiger partial charge is 0.266 e. The van der Waals surface area contributed by atoms with E-state index in [0.29, 0.717) is 17.7 Å². The van der Waals surface area contributed by atoms with Crippen molar-refractivity contribution < 1.29 is 30.7 Å². The summed E-state index contributed by atoms with van der Waals surface area (Å²) in [5.41, 5.74) is 6.91. The summed E-state index contributed by atoms with van der Waals surface area (Å²) in [5, 5.41) is 7.00. The summed E-state index contributed by atoms with van der Waals surface area (Å²) in [5.74, 6) is -0.575. The van der Waals surface area contributed by atoms with Gasteiger partial charge < -0.3 is 9.84 Å². The Morgan fingerprint density at radius 1 is 0.833 bits per heavy atom. The number of carbonyl (C=O) groups is 1. The van der Waals surface area contributed by atoms with Crippen LogP contribution in [0.5, 0.6) is 0 Å². The molecule has 0 aliphatic carbocycles. The largest absolute Gasteiger partial charge is 0.356 e. The van der Waals surface area contributed by atoms with E-state index < -0.39 is 31.6 Å². The van der Waals surface area contributed by atoms with Crippen LogP contribution in [0.3, 0.4) is 0 Å². The average Bonchev–Trinajstić information content (AvgIpc) is 3.53. The monoisotopic (exact) mass is 686 g/mol. The zero-order valence-corrected chi connectivity index (χ0v) is 28.8. The van der Waals surface area contributed by atoms with E-state index in [2.05, 4.69) is 55.5 Å². The molecule has 0 radical (unpaired) electrons. The lowest BCUT2D eigenvalue weighted by Gasteiger charge is -2.21. The number of hydrogen-bond donors (Lipinski definition) is 2. The summed E-state index contributed by atoms with van der Waals surface area (Å²) in [4.78, 5) is 12.8. The molecule has 0 aliphatic heterocycles. The molecule has 11 heteroatoms. The van der Waals surface area contributed by atoms with E-state index in [-0.39, 0.29) is 22.8 Å². The number of nitrogens with zero attached hydrogens (tertiary/aromatic N) is 1. The van der Waals surface area contributed by atoms with Gasteiger partial charge in [-0.2, -0.15) is 8.42 Å². The summed E-state index contributed by atoms with van der Waals surface area (Å²) in [6, 6.07) is 32.0. The Kier molecular flexibility index (Phi) is 10.0. The minimum absolute atomic E-state index is 0.0109. The third-order valence-electron chi connectivity index (χ3n) is 8.13. The van der Waals surface area contributed by atoms with Crippen molar-refractivity contribution in [2.24, 2.45) is 0 Å². The molecule has 5 aromatic rings. The van der Waals surface area contributed by atoms with Gasteiger partial charge in [-0.25, -0.2) is 8.42 Å². The number of hydrogen-bond acceptors (Lipinski definition) is 7. The van der Waals surface area contributed by atoms with Crippen LogP contribution >= 0.6 is 0 Å². The van der Waals surface area contributed by atoms with Crippen LogP contribution in [0.15, 0.2) is 113 Å². The molecule has 4 aromatic carbocycles. The molecule has 2 N–H and O–H groups in total. The van der Waals surface area contributed by atoms with Crippen LogP contribution in [0, 0.1) is 0 Å². The number of benzene rings is 4. The Balaban J connectivity index is 1.41. The maximum Gasteiger partial charge on any atom is 0.266 e. The van der Waals surface area contributed by atoms with Crippen LogP contribution in [0.1, 0.15) is 59.4 Å². The molecule has 1 amide bonds. The minimum atomic E-state index is -4.17. The maximum atomic E-state index is 12.5. The second-order valence-corrected chi connectivity index (χ2v) is 16.4. The molecular formula is C37H38N2O7S2. The molecular weight excluding hydrogens is 649 g/mol. The molecule has 250 valence electrons. The first kappa shape index (κ1) is 34.7. The van der Waals surface area contributed by atoms with Crippen molar-refractivity contribution >= 4 is 25.9 Å². The Hall–Kier alpha value is -4.58. The van der Waals surface area contributed by atoms with Gasteiger partial charge in [0.1, 0.15) is 0 Å². The Morgan fingerprint density at radius 2 is 1.48 bits per heavy atom. The number of rotatable bonds is 11. The molecule has 9 nitrogen and oxygen atoms in total. The van der Waals surface area contributed by atoms with E-state index in [1.165, 1.54) is 11.8 Å². The van der Waals surface area contributed by atoms with Gasteiger partial charge in [-0.15, -0.1) is 0 Å². The molecule has 0 saturated carbocycles. The van der Waals surface area contributed by atoms with Crippen LogP contribution in [-0.4, -0.2) is 51.0 Å². The van der Waals surface area contributed by atoms with Crippen LogP contribution in [0.2, 0.25) is 0 Å². The number of amides is 1. The first-order valence-corrected chi connectivity index (χ1v) is 18.9. The number of carbonyl (C=O) groups excluding carboxylic acids is 1. The lowest BCUT2D eigenvalue weighted by atomic mass is 9.83. The van der Waals surface area contributed by atoms with Gasteiger partial charge in [-0.05, 0) is 70.0 Å². The van der Waals surface area contributed by atoms with E-state index in [1.807, 2.05) is 42.5 Å². The van der Waals surface area contributed by atoms with E-state index in [4.69, 9.17) is 9.08 Å². The summed E-state index contributed by atoms with van der Waals surface area (Å²) in [6.07, 6.45) is 1.75. The highest BCUT2D eigenvalue weighted by atomic mass is 32.2. The fraction of sp³-hybridized carbons (Fsp3) is 0.243. The van der Waals surface area contributed by atoms with Crippen molar-refractivity contribution in [3.8, 4) is 22.5 Å². The Bertz CT molecular complexity index is 2110. The quantitative estimate of drug-likeness (QED) is 0.146. The lowest BCUT2D eigenvalue weighted by Crippen LogP contribution is -2.28. The van der Waals surface area contributed by atoms with Crippen molar-refractivity contribution in [2.75, 3.05) is 18.6 Å². The van der Waals surface area contributed by atoms with Gasteiger partial charge in [0.25, 0.3) is 16.0 Å². The van der Waals surface area contributed by atoms with Crippen molar-refractivity contribution in [2.45, 2.75) is 43.4 Å². The van der Waals surface area contributed by atoms with Crippen molar-refractivity contribution in [1.29, 1.82) is 0 Å². The minimum Gasteiger partial charge on any atom is -0.356 e. The zero-order valence-electron chi connectivity index (χ0n) is 27.2. The third kappa shape index (κ3) is 8.85. The number of sulfone groups is 1. The van der Waals surface area contributed by atoms with Crippen LogP contribution < -0.4 is 5.32 Å². The molecule has 1 heterocycles. The molecule has 0 spiro atoms. The molecule has 48 heavy (non-hydrogen) atoms. The fourth-order valence-electron chi connectivity index (χ4n) is 5.37. The normalized spacial score (nSPS) is 12.9. The summed E-state index contributed by atoms with van der Waals surface area (Å²) in [6.45, 7) is 6.30. The average molecular weight is 687 g/mol. The van der Waals surface area contributed by atoms with E-state index in [1.54, 1.807) is 36.4 Å². The first-order valence-electron chi connectivity index (χ1n) is 15.4. The predicted octanol–water partition coefficient (Wildman–Crippen LogP) is 6.70. The molecule has 0 fully saturated rings. The van der Waals surface area contributed by atoms with Gasteiger partial charge in [0.15, 0.2) is 15.6 Å². The summed E-state index contributed by atoms with van der Waals surface area (Å²) < 4.78 is 60.5. The second-order valence-electron chi connectivity index (χ2n) is 12.9. The van der Waals surface area contributed by atoms with Gasteiger partial charge in [0.2, 0.25) is 0 Å². The van der Waals surface area contributed by atoms with Gasteiger partial charge >= 0.3 is 0 Å². The topological polar surface area (TPSA) is 144 Å². The van der Waals surface area contributed by atoms with Crippen molar-refractivity contribution in [3.63, 3.8) is 0 Å². The highest BCUT2D eigenvalue weighted by Crippen LogP contribution is 2.34. The van der Waals surface area contributed by atoms with Crippen LogP contribution in [0.4, 0.5) is 0 Å². The second kappa shape index (κ2) is 13.9.